The van der Waals surface area contributed by atoms with E-state index in [1.165, 1.54) is 12.8 Å². The van der Waals surface area contributed by atoms with Crippen LogP contribution >= 0.6 is 0 Å². The molecule has 0 aromatic heterocycles. The molecule has 0 aliphatic heterocycles. The highest BCUT2D eigenvalue weighted by Crippen LogP contribution is 2.54. The maximum atomic E-state index is 8.78. The van der Waals surface area contributed by atoms with E-state index in [9.17, 15) is 0 Å². The summed E-state index contributed by atoms with van der Waals surface area (Å²) in [4.78, 5) is 0. The monoisotopic (exact) mass is 142 g/mol. The van der Waals surface area contributed by atoms with E-state index in [0.717, 1.165) is 5.92 Å². The van der Waals surface area contributed by atoms with Crippen molar-refractivity contribution in [2.45, 2.75) is 33.6 Å². The Morgan fingerprint density at radius 3 is 2.40 bits per heavy atom. The lowest BCUT2D eigenvalue weighted by Gasteiger charge is -2.07. The van der Waals surface area contributed by atoms with Gasteiger partial charge in [-0.1, -0.05) is 20.8 Å². The van der Waals surface area contributed by atoms with Gasteiger partial charge in [0.1, 0.15) is 0 Å². The van der Waals surface area contributed by atoms with E-state index in [-0.39, 0.29) is 0 Å². The van der Waals surface area contributed by atoms with Crippen molar-refractivity contribution in [2.75, 3.05) is 6.61 Å². The fourth-order valence-electron chi connectivity index (χ4n) is 1.54. The first-order chi connectivity index (χ1) is 4.56. The molecule has 2 atom stereocenters. The summed E-state index contributed by atoms with van der Waals surface area (Å²) >= 11 is 0. The highest BCUT2D eigenvalue weighted by Gasteiger charge is 2.45. The summed E-state index contributed by atoms with van der Waals surface area (Å²) in [6.45, 7) is 7.09. The molecule has 0 bridgehead atoms. The summed E-state index contributed by atoms with van der Waals surface area (Å²) in [5, 5.41) is 8.78. The topological polar surface area (TPSA) is 20.2 Å². The van der Waals surface area contributed by atoms with E-state index in [1.807, 2.05) is 0 Å². The van der Waals surface area contributed by atoms with Crippen molar-refractivity contribution in [1.29, 1.82) is 0 Å². The van der Waals surface area contributed by atoms with Crippen LogP contribution in [0.1, 0.15) is 33.6 Å². The predicted octanol–water partition coefficient (Wildman–Crippen LogP) is 2.05. The maximum Gasteiger partial charge on any atom is 0.0456 e. The van der Waals surface area contributed by atoms with E-state index < -0.39 is 0 Å². The second kappa shape index (κ2) is 2.54. The lowest BCUT2D eigenvalue weighted by Crippen LogP contribution is -2.03. The van der Waals surface area contributed by atoms with Crippen molar-refractivity contribution in [2.24, 2.45) is 17.3 Å². The number of aliphatic hydroxyl groups excluding tert-OH is 1. The summed E-state index contributed by atoms with van der Waals surface area (Å²) in [5.74, 6) is 1.39. The minimum Gasteiger partial charge on any atom is -0.396 e. The second-order valence-electron chi connectivity index (χ2n) is 4.41. The molecule has 10 heavy (non-hydrogen) atoms. The predicted molar refractivity (Wildman–Crippen MR) is 42.8 cm³/mol. The Morgan fingerprint density at radius 1 is 1.60 bits per heavy atom. The van der Waals surface area contributed by atoms with Gasteiger partial charge in [-0.15, -0.1) is 0 Å². The smallest absolute Gasteiger partial charge is 0.0456 e. The number of hydrogen-bond donors (Lipinski definition) is 1. The Kier molecular flexibility index (Phi) is 2.04. The lowest BCUT2D eigenvalue weighted by atomic mass is 10.0. The maximum absolute atomic E-state index is 8.78. The zero-order chi connectivity index (χ0) is 7.78. The zero-order valence-corrected chi connectivity index (χ0v) is 7.22. The normalized spacial score (nSPS) is 31.8. The van der Waals surface area contributed by atoms with Gasteiger partial charge in [-0.25, -0.2) is 0 Å². The van der Waals surface area contributed by atoms with Crippen molar-refractivity contribution in [3.8, 4) is 0 Å². The molecule has 1 saturated carbocycles. The molecule has 1 heteroatoms. The van der Waals surface area contributed by atoms with Gasteiger partial charge in [0, 0.05) is 6.61 Å². The Hall–Kier alpha value is -0.0400. The highest BCUT2D eigenvalue weighted by atomic mass is 16.3. The van der Waals surface area contributed by atoms with Gasteiger partial charge in [-0.2, -0.15) is 0 Å². The van der Waals surface area contributed by atoms with Crippen LogP contribution < -0.4 is 0 Å². The minimum absolute atomic E-state index is 0.354. The van der Waals surface area contributed by atoms with Crippen molar-refractivity contribution in [3.05, 3.63) is 0 Å². The third kappa shape index (κ3) is 1.72. The van der Waals surface area contributed by atoms with Gasteiger partial charge in [-0.3, -0.25) is 0 Å². The van der Waals surface area contributed by atoms with E-state index >= 15 is 0 Å². The summed E-state index contributed by atoms with van der Waals surface area (Å²) in [5.41, 5.74) is 0.587. The summed E-state index contributed by atoms with van der Waals surface area (Å²) < 4.78 is 0. The standard InChI is InChI=1S/C9H18O/c1-7(6-10)4-8-5-9(8,2)3/h7-8,10H,4-6H2,1-3H3. The molecule has 0 spiro atoms. The van der Waals surface area contributed by atoms with Crippen LogP contribution in [-0.4, -0.2) is 11.7 Å². The molecule has 0 radical (unpaired) electrons. The molecule has 1 aliphatic carbocycles. The number of hydrogen-bond acceptors (Lipinski definition) is 1. The molecule has 1 N–H and O–H groups in total. The van der Waals surface area contributed by atoms with Gasteiger partial charge in [0.05, 0.1) is 0 Å². The molecular formula is C9H18O. The van der Waals surface area contributed by atoms with Gasteiger partial charge in [-0.05, 0) is 30.1 Å². The molecule has 0 saturated heterocycles. The van der Waals surface area contributed by atoms with Gasteiger partial charge >= 0.3 is 0 Å². The Morgan fingerprint density at radius 2 is 2.10 bits per heavy atom. The first-order valence-corrected chi connectivity index (χ1v) is 4.17. The van der Waals surface area contributed by atoms with Crippen LogP contribution in [0.15, 0.2) is 0 Å². The molecular weight excluding hydrogens is 124 g/mol. The third-order valence-electron chi connectivity index (χ3n) is 2.72. The second-order valence-corrected chi connectivity index (χ2v) is 4.41. The fourth-order valence-corrected chi connectivity index (χ4v) is 1.54. The van der Waals surface area contributed by atoms with E-state index in [0.29, 0.717) is 17.9 Å². The third-order valence-corrected chi connectivity index (χ3v) is 2.72. The summed E-state index contributed by atoms with van der Waals surface area (Å²) in [6.07, 6.45) is 2.57. The molecule has 1 aliphatic rings. The largest absolute Gasteiger partial charge is 0.396 e. The van der Waals surface area contributed by atoms with Crippen molar-refractivity contribution >= 4 is 0 Å². The average molecular weight is 142 g/mol. The zero-order valence-electron chi connectivity index (χ0n) is 7.22. The van der Waals surface area contributed by atoms with E-state index in [1.54, 1.807) is 0 Å². The Bertz CT molecular complexity index is 118. The van der Waals surface area contributed by atoms with Gasteiger partial charge in [0.2, 0.25) is 0 Å². The van der Waals surface area contributed by atoms with E-state index in [2.05, 4.69) is 20.8 Å². The lowest BCUT2D eigenvalue weighted by molar-refractivity contribution is 0.221. The first kappa shape index (κ1) is 8.06. The quantitative estimate of drug-likeness (QED) is 0.639. The highest BCUT2D eigenvalue weighted by molar-refractivity contribution is 4.95. The fraction of sp³-hybridized carbons (Fsp3) is 1.00. The molecule has 1 fully saturated rings. The van der Waals surface area contributed by atoms with Gasteiger partial charge in [0.25, 0.3) is 0 Å². The van der Waals surface area contributed by atoms with E-state index in [4.69, 9.17) is 5.11 Å². The van der Waals surface area contributed by atoms with Gasteiger partial charge < -0.3 is 5.11 Å². The van der Waals surface area contributed by atoms with Crippen LogP contribution in [0.5, 0.6) is 0 Å². The number of rotatable bonds is 3. The summed E-state index contributed by atoms with van der Waals surface area (Å²) in [7, 11) is 0. The molecule has 1 nitrogen and oxygen atoms in total. The molecule has 0 amide bonds. The Balaban J connectivity index is 2.17. The average Bonchev–Trinajstić information content (AvgIpc) is 2.40. The van der Waals surface area contributed by atoms with Crippen LogP contribution in [0.2, 0.25) is 0 Å². The van der Waals surface area contributed by atoms with Crippen LogP contribution in [0.25, 0.3) is 0 Å². The van der Waals surface area contributed by atoms with Crippen LogP contribution in [0.4, 0.5) is 0 Å². The van der Waals surface area contributed by atoms with Crippen LogP contribution in [-0.2, 0) is 0 Å². The SMILES string of the molecule is CC(CO)CC1CC1(C)C. The molecule has 60 valence electrons. The van der Waals surface area contributed by atoms with Crippen molar-refractivity contribution in [1.82, 2.24) is 0 Å². The molecule has 0 aromatic carbocycles. The van der Waals surface area contributed by atoms with Crippen molar-refractivity contribution < 1.29 is 5.11 Å². The molecule has 2 unspecified atom stereocenters. The number of aliphatic hydroxyl groups is 1. The molecule has 0 aromatic rings. The Labute approximate surface area is 63.4 Å². The molecule has 0 heterocycles. The van der Waals surface area contributed by atoms with Crippen LogP contribution in [0, 0.1) is 17.3 Å². The first-order valence-electron chi connectivity index (χ1n) is 4.17. The van der Waals surface area contributed by atoms with Crippen molar-refractivity contribution in [3.63, 3.8) is 0 Å². The molecule has 1 rings (SSSR count). The summed E-state index contributed by atoms with van der Waals surface area (Å²) in [6, 6.07) is 0. The minimum atomic E-state index is 0.354. The van der Waals surface area contributed by atoms with Gasteiger partial charge in [0.15, 0.2) is 0 Å². The van der Waals surface area contributed by atoms with Crippen LogP contribution in [0.3, 0.4) is 0 Å².